The summed E-state index contributed by atoms with van der Waals surface area (Å²) in [5, 5.41) is 0. The van der Waals surface area contributed by atoms with Crippen LogP contribution in [-0.2, 0) is 0 Å². The molecule has 0 rings (SSSR count). The van der Waals surface area contributed by atoms with Crippen molar-refractivity contribution in [1.29, 1.82) is 0 Å². The van der Waals surface area contributed by atoms with E-state index in [0.717, 1.165) is 0 Å². The molecule has 13 heavy (non-hydrogen) atoms. The van der Waals surface area contributed by atoms with E-state index in [9.17, 15) is 0 Å². The summed E-state index contributed by atoms with van der Waals surface area (Å²) in [5.41, 5.74) is 0. The maximum absolute atomic E-state index is 2.69. The molecule has 0 spiro atoms. The molecule has 0 heterocycles. The molecule has 3 heteroatoms. The molecule has 0 amide bonds. The first-order valence-electron chi connectivity index (χ1n) is 5.54. The molecule has 0 atom stereocenters. The third kappa shape index (κ3) is 3.26. The molecule has 0 aromatic rings. The third-order valence-corrected chi connectivity index (χ3v) is 12.2. The summed E-state index contributed by atoms with van der Waals surface area (Å²) in [6.45, 7) is 13.9. The second-order valence-electron chi connectivity index (χ2n) is 3.84. The molecule has 0 saturated carbocycles. The van der Waals surface area contributed by atoms with Gasteiger partial charge in [0.2, 0.25) is 0 Å². The molecule has 0 fully saturated rings. The maximum atomic E-state index is 2.69. The van der Waals surface area contributed by atoms with Gasteiger partial charge in [0.1, 0.15) is 0 Å². The molecule has 0 N–H and O–H groups in total. The first kappa shape index (κ1) is 13.5. The Labute approximate surface area is 87.1 Å². The molecule has 0 unspecified atom stereocenters. The molecule has 80 valence electrons. The van der Waals surface area contributed by atoms with Crippen LogP contribution < -0.4 is 0 Å². The van der Waals surface area contributed by atoms with Crippen molar-refractivity contribution in [2.24, 2.45) is 0 Å². The summed E-state index contributed by atoms with van der Waals surface area (Å²) in [5.74, 6) is 5.00. The van der Waals surface area contributed by atoms with E-state index in [4.69, 9.17) is 0 Å². The molecule has 2 nitrogen and oxygen atoms in total. The first-order chi connectivity index (χ1) is 6.04. The molecule has 0 aliphatic rings. The van der Waals surface area contributed by atoms with E-state index >= 15 is 0 Å². The van der Waals surface area contributed by atoms with Crippen LogP contribution in [0.25, 0.3) is 0 Å². The monoisotopic (exact) mass is 248 g/mol. The normalized spacial score (nSPS) is 12.9. The molecule has 0 radical (unpaired) electrons. The second kappa shape index (κ2) is 6.04. The zero-order valence-electron chi connectivity index (χ0n) is 10.2. The zero-order valence-corrected chi connectivity index (χ0v) is 12.3. The molecular formula is C10H26GeN2. The predicted octanol–water partition coefficient (Wildman–Crippen LogP) is 2.37. The van der Waals surface area contributed by atoms with Crippen LogP contribution in [0.2, 0.25) is 11.5 Å². The van der Waals surface area contributed by atoms with Gasteiger partial charge in [0.05, 0.1) is 0 Å². The topological polar surface area (TPSA) is 6.48 Å². The summed E-state index contributed by atoms with van der Waals surface area (Å²) in [6, 6.07) is 0. The summed E-state index contributed by atoms with van der Waals surface area (Å²) in [7, 11) is 0. The van der Waals surface area contributed by atoms with Gasteiger partial charge in [-0.05, 0) is 0 Å². The fourth-order valence-electron chi connectivity index (χ4n) is 2.19. The minimum atomic E-state index is -1.82. The summed E-state index contributed by atoms with van der Waals surface area (Å²) in [6.07, 6.45) is 0. The first-order valence-corrected chi connectivity index (χ1v) is 11.6. The van der Waals surface area contributed by atoms with Crippen LogP contribution >= 0.6 is 0 Å². The molecule has 0 bridgehead atoms. The number of hydrogen-bond acceptors (Lipinski definition) is 2. The van der Waals surface area contributed by atoms with Crippen molar-refractivity contribution < 1.29 is 0 Å². The molecule has 0 aromatic carbocycles. The van der Waals surface area contributed by atoms with Crippen LogP contribution in [0.4, 0.5) is 0 Å². The number of rotatable bonds is 6. The zero-order chi connectivity index (χ0) is 10.5. The van der Waals surface area contributed by atoms with E-state index in [1.54, 1.807) is 0 Å². The number of nitrogens with zero attached hydrogens (tertiary/aromatic N) is 2. The van der Waals surface area contributed by atoms with Gasteiger partial charge in [0.25, 0.3) is 0 Å². The summed E-state index contributed by atoms with van der Waals surface area (Å²) < 4.78 is 5.38. The predicted molar refractivity (Wildman–Crippen MR) is 63.3 cm³/mol. The Balaban J connectivity index is 4.48. The van der Waals surface area contributed by atoms with E-state index < -0.39 is 13.7 Å². The summed E-state index contributed by atoms with van der Waals surface area (Å²) in [4.78, 5) is 0. The van der Waals surface area contributed by atoms with Crippen LogP contribution in [0.5, 0.6) is 0 Å². The molecule has 0 aliphatic heterocycles. The van der Waals surface area contributed by atoms with Crippen LogP contribution in [0, 0.1) is 0 Å². The van der Waals surface area contributed by atoms with Crippen molar-refractivity contribution in [2.75, 3.05) is 26.2 Å². The average molecular weight is 247 g/mol. The minimum absolute atomic E-state index is 1.21. The van der Waals surface area contributed by atoms with Crippen LogP contribution in [0.1, 0.15) is 27.7 Å². The average Bonchev–Trinajstić information content (AvgIpc) is 2.07. The van der Waals surface area contributed by atoms with Gasteiger partial charge in [-0.25, -0.2) is 0 Å². The molecular weight excluding hydrogens is 221 g/mol. The van der Waals surface area contributed by atoms with E-state index in [1.807, 2.05) is 0 Å². The van der Waals surface area contributed by atoms with Gasteiger partial charge in [-0.2, -0.15) is 0 Å². The van der Waals surface area contributed by atoms with Crippen LogP contribution in [0.3, 0.4) is 0 Å². The third-order valence-electron chi connectivity index (χ3n) is 3.07. The van der Waals surface area contributed by atoms with Crippen molar-refractivity contribution in [1.82, 2.24) is 7.71 Å². The van der Waals surface area contributed by atoms with Gasteiger partial charge in [-0.3, -0.25) is 0 Å². The standard InChI is InChI=1S/C10H26GeN2/c1-7-12(8-2)11(5,6)13(9-3)10-4/h7-10H2,1-6H3. The van der Waals surface area contributed by atoms with E-state index in [2.05, 4.69) is 46.9 Å². The Morgan fingerprint density at radius 1 is 0.692 bits per heavy atom. The van der Waals surface area contributed by atoms with Gasteiger partial charge < -0.3 is 0 Å². The molecule has 0 aromatic heterocycles. The van der Waals surface area contributed by atoms with Crippen molar-refractivity contribution in [2.45, 2.75) is 39.2 Å². The second-order valence-corrected chi connectivity index (χ2v) is 12.8. The Morgan fingerprint density at radius 3 is 1.08 bits per heavy atom. The Bertz CT molecular complexity index is 115. The van der Waals surface area contributed by atoms with E-state index in [0.29, 0.717) is 0 Å². The van der Waals surface area contributed by atoms with E-state index in [-0.39, 0.29) is 0 Å². The quantitative estimate of drug-likeness (QED) is 0.664. The Kier molecular flexibility index (Phi) is 6.26. The van der Waals surface area contributed by atoms with Gasteiger partial charge in [-0.15, -0.1) is 0 Å². The van der Waals surface area contributed by atoms with E-state index in [1.165, 1.54) is 26.2 Å². The summed E-state index contributed by atoms with van der Waals surface area (Å²) >= 11 is -1.82. The number of hydrogen-bond donors (Lipinski definition) is 0. The fraction of sp³-hybridized carbons (Fsp3) is 1.00. The SMILES string of the molecule is CC[N](CC)[Ge]([CH3])([CH3])[N](CC)CC. The fourth-order valence-corrected chi connectivity index (χ4v) is 9.53. The Morgan fingerprint density at radius 2 is 0.923 bits per heavy atom. The molecule has 0 aliphatic carbocycles. The van der Waals surface area contributed by atoms with Gasteiger partial charge >= 0.3 is 86.8 Å². The van der Waals surface area contributed by atoms with Crippen LogP contribution in [0.15, 0.2) is 0 Å². The van der Waals surface area contributed by atoms with Crippen molar-refractivity contribution in [3.8, 4) is 0 Å². The van der Waals surface area contributed by atoms with Crippen molar-refractivity contribution >= 4 is 13.7 Å². The van der Waals surface area contributed by atoms with Crippen LogP contribution in [-0.4, -0.2) is 47.6 Å². The van der Waals surface area contributed by atoms with Gasteiger partial charge in [-0.1, -0.05) is 0 Å². The van der Waals surface area contributed by atoms with Crippen molar-refractivity contribution in [3.63, 3.8) is 0 Å². The Hall–Kier alpha value is 0.463. The van der Waals surface area contributed by atoms with Crippen molar-refractivity contribution in [3.05, 3.63) is 0 Å². The van der Waals surface area contributed by atoms with Gasteiger partial charge in [0, 0.05) is 0 Å². The molecule has 0 saturated heterocycles. The van der Waals surface area contributed by atoms with Gasteiger partial charge in [0.15, 0.2) is 0 Å².